The van der Waals surface area contributed by atoms with Crippen molar-refractivity contribution in [3.05, 3.63) is 89.5 Å². The van der Waals surface area contributed by atoms with Gasteiger partial charge in [-0.1, -0.05) is 36.4 Å². The zero-order chi connectivity index (χ0) is 20.6. The first kappa shape index (κ1) is 20.4. The van der Waals surface area contributed by atoms with Gasteiger partial charge in [-0.15, -0.1) is 0 Å². The molecule has 29 heavy (non-hydrogen) atoms. The Morgan fingerprint density at radius 1 is 0.621 bits per heavy atom. The molecule has 0 saturated heterocycles. The van der Waals surface area contributed by atoms with E-state index in [0.717, 1.165) is 56.2 Å². The molecule has 0 aromatic heterocycles. The number of thiocyanates is 1. The van der Waals surface area contributed by atoms with E-state index in [2.05, 4.69) is 5.40 Å². The summed E-state index contributed by atoms with van der Waals surface area (Å²) in [6.07, 6.45) is 0. The van der Waals surface area contributed by atoms with Crippen LogP contribution in [0.4, 0.5) is 0 Å². The number of rotatable bonds is 7. The predicted octanol–water partition coefficient (Wildman–Crippen LogP) is 5.84. The molecule has 0 aliphatic heterocycles. The van der Waals surface area contributed by atoms with Crippen LogP contribution in [0.5, 0.6) is 17.2 Å². The highest BCUT2D eigenvalue weighted by Crippen LogP contribution is 2.40. The second-order valence-corrected chi connectivity index (χ2v) is 6.88. The lowest BCUT2D eigenvalue weighted by Gasteiger charge is -2.16. The van der Waals surface area contributed by atoms with Crippen molar-refractivity contribution in [1.29, 1.82) is 5.26 Å². The van der Waals surface area contributed by atoms with Crippen molar-refractivity contribution in [2.24, 2.45) is 0 Å². The lowest BCUT2D eigenvalue weighted by molar-refractivity contribution is 0.414. The van der Waals surface area contributed by atoms with Gasteiger partial charge in [-0.25, -0.2) is 0 Å². The molecule has 3 rings (SSSR count). The van der Waals surface area contributed by atoms with Gasteiger partial charge in [0.05, 0.1) is 21.3 Å². The summed E-state index contributed by atoms with van der Waals surface area (Å²) >= 11 is 1.14. The molecular weight excluding hydrogens is 382 g/mol. The van der Waals surface area contributed by atoms with Crippen LogP contribution < -0.4 is 14.2 Å². The summed E-state index contributed by atoms with van der Waals surface area (Å²) in [4.78, 5) is 0.866. The Kier molecular flexibility index (Phi) is 6.83. The minimum absolute atomic E-state index is 0.769. The van der Waals surface area contributed by atoms with Crippen LogP contribution in [-0.2, 0) is 0 Å². The summed E-state index contributed by atoms with van der Waals surface area (Å²) in [5, 5.41) is 11.8. The number of thioether (sulfide) groups is 1. The quantitative estimate of drug-likeness (QED) is 0.366. The van der Waals surface area contributed by atoms with Crippen molar-refractivity contribution >= 4 is 22.2 Å². The van der Waals surface area contributed by atoms with Gasteiger partial charge in [0.25, 0.3) is 0 Å². The van der Waals surface area contributed by atoms with E-state index in [1.165, 1.54) is 0 Å². The Hall–Kier alpha value is -3.36. The molecular formula is C24H21NO3S. The summed E-state index contributed by atoms with van der Waals surface area (Å²) in [6.45, 7) is 0. The number of methoxy groups -OCH3 is 3. The molecule has 0 N–H and O–H groups in total. The van der Waals surface area contributed by atoms with Crippen LogP contribution in [0, 0.1) is 10.7 Å². The lowest BCUT2D eigenvalue weighted by atomic mass is 9.95. The van der Waals surface area contributed by atoms with E-state index in [0.29, 0.717) is 0 Å². The van der Waals surface area contributed by atoms with Gasteiger partial charge in [-0.05, 0) is 64.9 Å². The molecule has 0 aliphatic rings. The Balaban J connectivity index is 2.23. The SMILES string of the molecule is COc1ccc(C(SC#N)=C(c2ccc(OC)cc2)c2ccc(OC)cc2)cc1. The molecule has 0 atom stereocenters. The first-order chi connectivity index (χ1) is 14.2. The first-order valence-electron chi connectivity index (χ1n) is 8.93. The van der Waals surface area contributed by atoms with Crippen molar-refractivity contribution < 1.29 is 14.2 Å². The molecule has 3 aromatic carbocycles. The van der Waals surface area contributed by atoms with Crippen LogP contribution in [0.2, 0.25) is 0 Å². The molecule has 146 valence electrons. The maximum Gasteiger partial charge on any atom is 0.138 e. The smallest absolute Gasteiger partial charge is 0.138 e. The van der Waals surface area contributed by atoms with E-state index in [1.54, 1.807) is 21.3 Å². The second-order valence-electron chi connectivity index (χ2n) is 6.08. The number of benzene rings is 3. The fourth-order valence-corrected chi connectivity index (χ4v) is 3.67. The summed E-state index contributed by atoms with van der Waals surface area (Å²) in [5.74, 6) is 2.33. The summed E-state index contributed by atoms with van der Waals surface area (Å²) in [6, 6.07) is 23.4. The molecule has 0 aliphatic carbocycles. The Labute approximate surface area is 175 Å². The highest BCUT2D eigenvalue weighted by Gasteiger charge is 2.16. The Morgan fingerprint density at radius 3 is 1.28 bits per heavy atom. The van der Waals surface area contributed by atoms with E-state index in [4.69, 9.17) is 14.2 Å². The van der Waals surface area contributed by atoms with Crippen LogP contribution in [-0.4, -0.2) is 21.3 Å². The number of ether oxygens (including phenoxy) is 3. The standard InChI is InChI=1S/C24H21NO3S/c1-26-20-10-4-17(5-11-20)23(18-6-12-21(27-2)13-7-18)24(29-16-25)19-8-14-22(28-3)15-9-19/h4-15H,1-3H3. The molecule has 0 fully saturated rings. The average Bonchev–Trinajstić information content (AvgIpc) is 2.79. The Morgan fingerprint density at radius 2 is 0.966 bits per heavy atom. The zero-order valence-electron chi connectivity index (χ0n) is 16.5. The molecule has 0 unspecified atom stereocenters. The van der Waals surface area contributed by atoms with Gasteiger partial charge in [0.15, 0.2) is 0 Å². The number of nitriles is 1. The fraction of sp³-hybridized carbons (Fsp3) is 0.125. The van der Waals surface area contributed by atoms with Crippen LogP contribution >= 0.6 is 11.8 Å². The van der Waals surface area contributed by atoms with Crippen molar-refractivity contribution in [1.82, 2.24) is 0 Å². The maximum absolute atomic E-state index is 9.52. The van der Waals surface area contributed by atoms with Crippen LogP contribution in [0.15, 0.2) is 72.8 Å². The molecule has 0 saturated carbocycles. The molecule has 0 heterocycles. The van der Waals surface area contributed by atoms with E-state index in [9.17, 15) is 5.26 Å². The molecule has 0 amide bonds. The maximum atomic E-state index is 9.52. The van der Waals surface area contributed by atoms with Crippen molar-refractivity contribution in [2.45, 2.75) is 0 Å². The number of hydrogen-bond acceptors (Lipinski definition) is 5. The van der Waals surface area contributed by atoms with Crippen LogP contribution in [0.25, 0.3) is 10.5 Å². The van der Waals surface area contributed by atoms with Gasteiger partial charge < -0.3 is 14.2 Å². The van der Waals surface area contributed by atoms with E-state index in [-0.39, 0.29) is 0 Å². The second kappa shape index (κ2) is 9.72. The van der Waals surface area contributed by atoms with E-state index >= 15 is 0 Å². The van der Waals surface area contributed by atoms with E-state index in [1.807, 2.05) is 72.8 Å². The van der Waals surface area contributed by atoms with Gasteiger partial charge in [-0.2, -0.15) is 5.26 Å². The van der Waals surface area contributed by atoms with Gasteiger partial charge in [0.1, 0.15) is 22.6 Å². The van der Waals surface area contributed by atoms with Gasteiger partial charge >= 0.3 is 0 Å². The highest BCUT2D eigenvalue weighted by atomic mass is 32.2. The lowest BCUT2D eigenvalue weighted by Crippen LogP contribution is -1.94. The molecule has 4 nitrogen and oxygen atoms in total. The van der Waals surface area contributed by atoms with Gasteiger partial charge in [-0.3, -0.25) is 0 Å². The third kappa shape index (κ3) is 4.74. The Bertz CT molecular complexity index is 968. The minimum Gasteiger partial charge on any atom is -0.497 e. The normalized spacial score (nSPS) is 10.0. The predicted molar refractivity (Wildman–Crippen MR) is 118 cm³/mol. The molecule has 0 spiro atoms. The summed E-state index contributed by atoms with van der Waals surface area (Å²) in [5.41, 5.74) is 3.89. The van der Waals surface area contributed by atoms with Gasteiger partial charge in [0.2, 0.25) is 0 Å². The topological polar surface area (TPSA) is 51.5 Å². The summed E-state index contributed by atoms with van der Waals surface area (Å²) < 4.78 is 15.9. The molecule has 0 bridgehead atoms. The largest absolute Gasteiger partial charge is 0.497 e. The minimum atomic E-state index is 0.769. The van der Waals surface area contributed by atoms with E-state index < -0.39 is 0 Å². The number of hydrogen-bond donors (Lipinski definition) is 0. The number of nitrogens with zero attached hydrogens (tertiary/aromatic N) is 1. The van der Waals surface area contributed by atoms with Crippen LogP contribution in [0.1, 0.15) is 16.7 Å². The molecule has 5 heteroatoms. The molecule has 3 aromatic rings. The first-order valence-corrected chi connectivity index (χ1v) is 9.75. The fourth-order valence-electron chi connectivity index (χ4n) is 2.99. The van der Waals surface area contributed by atoms with Crippen molar-refractivity contribution in [2.75, 3.05) is 21.3 Å². The van der Waals surface area contributed by atoms with Crippen molar-refractivity contribution in [3.63, 3.8) is 0 Å². The average molecular weight is 404 g/mol. The van der Waals surface area contributed by atoms with Gasteiger partial charge in [0, 0.05) is 10.5 Å². The molecule has 0 radical (unpaired) electrons. The third-order valence-corrected chi connectivity index (χ3v) is 5.22. The van der Waals surface area contributed by atoms with Crippen LogP contribution in [0.3, 0.4) is 0 Å². The summed E-state index contributed by atoms with van der Waals surface area (Å²) in [7, 11) is 4.92. The highest BCUT2D eigenvalue weighted by molar-refractivity contribution is 8.12. The zero-order valence-corrected chi connectivity index (χ0v) is 17.3. The van der Waals surface area contributed by atoms with Crippen molar-refractivity contribution in [3.8, 4) is 22.6 Å². The monoisotopic (exact) mass is 403 g/mol. The third-order valence-electron chi connectivity index (χ3n) is 4.48.